The predicted molar refractivity (Wildman–Crippen MR) is 263 cm³/mol. The summed E-state index contributed by atoms with van der Waals surface area (Å²) in [5.41, 5.74) is 4.78. The number of nitrogens with zero attached hydrogens (tertiary/aromatic N) is 2. The molecule has 60 heavy (non-hydrogen) atoms. The van der Waals surface area contributed by atoms with Gasteiger partial charge in [-0.25, -0.2) is 0 Å². The van der Waals surface area contributed by atoms with E-state index >= 15 is 0 Å². The van der Waals surface area contributed by atoms with Crippen molar-refractivity contribution in [3.05, 3.63) is 83.9 Å². The standard InChI is InChI=1S/C56H86N2O2/c1-5-9-13-17-21-29-41-57(42-30-22-18-14-10-6-2)51-39-37-49(45-33-25-27-35-47(45)51)53-55(59)54(56(53)60)50-38-40-52(48-36-28-26-34-46(48)50)58(43-31-23-19-15-11-7-3)44-32-24-20-16-12-8-4/h25-28,33-40,53-56,59-60H,5-24,29-32,41-44H2,1-4H3. The SMILES string of the molecule is CCCCCCCCN(CCCCCCCC)c1ccc(C2C(O)C(c3ccc(N(CCCCCCCC)CCCCCCCC)c4ccccc34)C2O)c2ccccc12. The van der Waals surface area contributed by atoms with E-state index in [4.69, 9.17) is 0 Å². The Hall–Kier alpha value is -3.08. The lowest BCUT2D eigenvalue weighted by Gasteiger charge is -2.48. The van der Waals surface area contributed by atoms with E-state index < -0.39 is 12.2 Å². The predicted octanol–water partition coefficient (Wildman–Crippen LogP) is 15.7. The summed E-state index contributed by atoms with van der Waals surface area (Å²) in [5, 5.41) is 29.2. The number of anilines is 2. The van der Waals surface area contributed by atoms with E-state index in [-0.39, 0.29) is 11.8 Å². The topological polar surface area (TPSA) is 46.9 Å². The molecule has 2 N–H and O–H groups in total. The van der Waals surface area contributed by atoms with Crippen LogP contribution in [0.2, 0.25) is 0 Å². The minimum Gasteiger partial charge on any atom is -0.392 e. The summed E-state index contributed by atoms with van der Waals surface area (Å²) in [5.74, 6) is -0.648. The van der Waals surface area contributed by atoms with Crippen LogP contribution in [0.4, 0.5) is 11.4 Å². The first kappa shape index (κ1) is 48.0. The molecule has 4 heteroatoms. The zero-order valence-electron chi connectivity index (χ0n) is 38.8. The van der Waals surface area contributed by atoms with Crippen molar-refractivity contribution >= 4 is 32.9 Å². The van der Waals surface area contributed by atoms with E-state index in [1.165, 1.54) is 187 Å². The largest absolute Gasteiger partial charge is 0.392 e. The number of rotatable bonds is 32. The summed E-state index contributed by atoms with van der Waals surface area (Å²) in [6.07, 6.45) is 29.9. The Morgan fingerprint density at radius 3 is 0.900 bits per heavy atom. The van der Waals surface area contributed by atoms with Crippen LogP contribution in [-0.4, -0.2) is 48.6 Å². The lowest BCUT2D eigenvalue weighted by atomic mass is 9.62. The molecule has 0 aliphatic heterocycles. The van der Waals surface area contributed by atoms with Crippen molar-refractivity contribution in [1.29, 1.82) is 0 Å². The number of hydrogen-bond donors (Lipinski definition) is 2. The molecule has 1 aliphatic carbocycles. The molecule has 0 atom stereocenters. The fourth-order valence-electron chi connectivity index (χ4n) is 10.2. The molecule has 1 saturated carbocycles. The van der Waals surface area contributed by atoms with Gasteiger partial charge in [-0.1, -0.05) is 217 Å². The molecule has 0 spiro atoms. The van der Waals surface area contributed by atoms with Crippen molar-refractivity contribution in [2.45, 2.75) is 206 Å². The first-order chi connectivity index (χ1) is 29.5. The van der Waals surface area contributed by atoms with Gasteiger partial charge in [0.1, 0.15) is 0 Å². The Morgan fingerprint density at radius 2 is 0.600 bits per heavy atom. The molecule has 0 bridgehead atoms. The second-order valence-electron chi connectivity index (χ2n) is 18.5. The third-order valence-corrected chi connectivity index (χ3v) is 13.9. The number of aliphatic hydroxyl groups excluding tert-OH is 2. The van der Waals surface area contributed by atoms with E-state index in [9.17, 15) is 10.2 Å². The van der Waals surface area contributed by atoms with Gasteiger partial charge in [0.25, 0.3) is 0 Å². The maximum absolute atomic E-state index is 12.2. The summed E-state index contributed by atoms with van der Waals surface area (Å²) in [4.78, 5) is 5.30. The Balaban J connectivity index is 1.36. The van der Waals surface area contributed by atoms with Crippen molar-refractivity contribution in [1.82, 2.24) is 0 Å². The maximum atomic E-state index is 12.2. The van der Waals surface area contributed by atoms with Gasteiger partial charge in [0, 0.05) is 60.2 Å². The zero-order chi connectivity index (χ0) is 42.4. The van der Waals surface area contributed by atoms with Crippen LogP contribution >= 0.6 is 0 Å². The Morgan fingerprint density at radius 1 is 0.333 bits per heavy atom. The van der Waals surface area contributed by atoms with E-state index in [2.05, 4.69) is 110 Å². The fourth-order valence-corrected chi connectivity index (χ4v) is 10.2. The number of fused-ring (bicyclic) bond motifs is 2. The molecule has 1 fully saturated rings. The first-order valence-corrected chi connectivity index (χ1v) is 25.4. The second-order valence-corrected chi connectivity index (χ2v) is 18.5. The summed E-state index contributed by atoms with van der Waals surface area (Å²) in [7, 11) is 0. The second kappa shape index (κ2) is 27.1. The summed E-state index contributed by atoms with van der Waals surface area (Å²) in [6, 6.07) is 26.7. The number of benzene rings is 4. The summed E-state index contributed by atoms with van der Waals surface area (Å²) >= 11 is 0. The molecular formula is C56H86N2O2. The molecule has 4 aromatic carbocycles. The van der Waals surface area contributed by atoms with Gasteiger partial charge in [0.05, 0.1) is 12.2 Å². The van der Waals surface area contributed by atoms with Crippen LogP contribution in [-0.2, 0) is 0 Å². The maximum Gasteiger partial charge on any atom is 0.0727 e. The number of unbranched alkanes of at least 4 members (excludes halogenated alkanes) is 20. The van der Waals surface area contributed by atoms with Crippen molar-refractivity contribution in [3.8, 4) is 0 Å². The molecule has 0 unspecified atom stereocenters. The van der Waals surface area contributed by atoms with E-state index in [1.807, 2.05) is 0 Å². The molecule has 4 aromatic rings. The smallest absolute Gasteiger partial charge is 0.0727 e. The number of hydrogen-bond acceptors (Lipinski definition) is 4. The minimum atomic E-state index is -0.659. The van der Waals surface area contributed by atoms with Crippen molar-refractivity contribution < 1.29 is 10.2 Å². The minimum absolute atomic E-state index is 0.324. The first-order valence-electron chi connectivity index (χ1n) is 25.4. The van der Waals surface area contributed by atoms with Gasteiger partial charge in [-0.05, 0) is 59.7 Å². The van der Waals surface area contributed by atoms with Gasteiger partial charge in [0.15, 0.2) is 0 Å². The third-order valence-electron chi connectivity index (χ3n) is 13.9. The number of aliphatic hydroxyl groups is 2. The molecule has 332 valence electrons. The molecule has 0 amide bonds. The average Bonchev–Trinajstić information content (AvgIpc) is 3.27. The van der Waals surface area contributed by atoms with Crippen LogP contribution in [0, 0.1) is 0 Å². The molecule has 1 aliphatic rings. The molecule has 0 heterocycles. The molecule has 5 rings (SSSR count). The average molecular weight is 819 g/mol. The van der Waals surface area contributed by atoms with Crippen LogP contribution in [0.5, 0.6) is 0 Å². The molecular weight excluding hydrogens is 733 g/mol. The summed E-state index contributed by atoms with van der Waals surface area (Å²) < 4.78 is 0. The van der Waals surface area contributed by atoms with E-state index in [1.54, 1.807) is 0 Å². The highest BCUT2D eigenvalue weighted by molar-refractivity contribution is 5.98. The van der Waals surface area contributed by atoms with Crippen LogP contribution < -0.4 is 9.80 Å². The quantitative estimate of drug-likeness (QED) is 0.0482. The van der Waals surface area contributed by atoms with E-state index in [0.717, 1.165) is 37.3 Å². The summed E-state index contributed by atoms with van der Waals surface area (Å²) in [6.45, 7) is 13.5. The lowest BCUT2D eigenvalue weighted by Crippen LogP contribution is -2.51. The van der Waals surface area contributed by atoms with Gasteiger partial charge in [0.2, 0.25) is 0 Å². The highest BCUT2D eigenvalue weighted by Gasteiger charge is 2.51. The van der Waals surface area contributed by atoms with Gasteiger partial charge in [-0.15, -0.1) is 0 Å². The molecule has 4 nitrogen and oxygen atoms in total. The highest BCUT2D eigenvalue weighted by Crippen LogP contribution is 2.52. The molecule has 0 saturated heterocycles. The van der Waals surface area contributed by atoms with Crippen molar-refractivity contribution in [3.63, 3.8) is 0 Å². The van der Waals surface area contributed by atoms with Crippen LogP contribution in [0.25, 0.3) is 21.5 Å². The highest BCUT2D eigenvalue weighted by atomic mass is 16.3. The Kier molecular flexibility index (Phi) is 21.6. The van der Waals surface area contributed by atoms with Gasteiger partial charge < -0.3 is 20.0 Å². The van der Waals surface area contributed by atoms with E-state index in [0.29, 0.717) is 0 Å². The van der Waals surface area contributed by atoms with Crippen LogP contribution in [0.1, 0.15) is 205 Å². The zero-order valence-corrected chi connectivity index (χ0v) is 38.8. The Labute approximate surface area is 367 Å². The van der Waals surface area contributed by atoms with Crippen LogP contribution in [0.3, 0.4) is 0 Å². The molecule has 0 radical (unpaired) electrons. The van der Waals surface area contributed by atoms with Crippen molar-refractivity contribution in [2.24, 2.45) is 0 Å². The normalized spacial score (nSPS) is 17.7. The molecule has 0 aromatic heterocycles. The van der Waals surface area contributed by atoms with Gasteiger partial charge in [-0.3, -0.25) is 0 Å². The fraction of sp³-hybridized carbons (Fsp3) is 0.643. The lowest BCUT2D eigenvalue weighted by molar-refractivity contribution is -0.0775. The third kappa shape index (κ3) is 13.5. The van der Waals surface area contributed by atoms with Crippen LogP contribution in [0.15, 0.2) is 72.8 Å². The van der Waals surface area contributed by atoms with Crippen molar-refractivity contribution in [2.75, 3.05) is 36.0 Å². The Bertz CT molecular complexity index is 1600. The van der Waals surface area contributed by atoms with Gasteiger partial charge in [-0.2, -0.15) is 0 Å². The monoisotopic (exact) mass is 819 g/mol. The van der Waals surface area contributed by atoms with Gasteiger partial charge >= 0.3 is 0 Å².